The minimum absolute atomic E-state index is 0. The zero-order valence-electron chi connectivity index (χ0n) is 22.4. The average molecular weight is 723 g/mol. The number of nitro benzene ring substituents is 2. The molecular formula is C25H30IN3O14. The van der Waals surface area contributed by atoms with Crippen LogP contribution in [0, 0.1) is 20.2 Å². The van der Waals surface area contributed by atoms with E-state index in [9.17, 15) is 39.4 Å². The number of alkyl halides is 1. The van der Waals surface area contributed by atoms with E-state index in [1.165, 1.54) is 36.4 Å². The number of carbonyl (C=O) groups excluding carboxylic acids is 4. The first-order chi connectivity index (χ1) is 19.7. The van der Waals surface area contributed by atoms with Gasteiger partial charge in [0.05, 0.1) is 16.3 Å². The van der Waals surface area contributed by atoms with Crippen molar-refractivity contribution in [3.05, 3.63) is 68.8 Å². The Kier molecular flexibility index (Phi) is 17.2. The number of alkyl carbamates (subject to hydrolysis) is 1. The lowest BCUT2D eigenvalue weighted by Crippen LogP contribution is -2.33. The molecule has 2 rings (SSSR count). The van der Waals surface area contributed by atoms with E-state index >= 15 is 0 Å². The van der Waals surface area contributed by atoms with Crippen molar-refractivity contribution in [2.45, 2.75) is 40.2 Å². The van der Waals surface area contributed by atoms with Crippen LogP contribution in [-0.4, -0.2) is 57.8 Å². The van der Waals surface area contributed by atoms with Crippen molar-refractivity contribution in [2.24, 2.45) is 0 Å². The summed E-state index contributed by atoms with van der Waals surface area (Å²) in [6.07, 6.45) is -2.81. The summed E-state index contributed by atoms with van der Waals surface area (Å²) in [6.45, 7) is 4.41. The third-order valence-electron chi connectivity index (χ3n) is 4.06. The van der Waals surface area contributed by atoms with Crippen molar-refractivity contribution in [3.8, 4) is 11.5 Å². The topological polar surface area (TPSA) is 222 Å². The fourth-order valence-electron chi connectivity index (χ4n) is 2.36. The number of non-ortho nitro benzene ring substituents is 2. The van der Waals surface area contributed by atoms with E-state index in [-0.39, 0.29) is 47.9 Å². The Morgan fingerprint density at radius 3 is 1.63 bits per heavy atom. The number of benzene rings is 2. The third-order valence-corrected chi connectivity index (χ3v) is 4.38. The lowest BCUT2D eigenvalue weighted by molar-refractivity contribution is -0.385. The van der Waals surface area contributed by atoms with Crippen LogP contribution in [0.1, 0.15) is 34.6 Å². The van der Waals surface area contributed by atoms with Gasteiger partial charge in [-0.1, -0.05) is 7.43 Å². The summed E-state index contributed by atoms with van der Waals surface area (Å²) in [7, 11) is 0. The minimum Gasteiger partial charge on any atom is -0.444 e. The van der Waals surface area contributed by atoms with Gasteiger partial charge in [0, 0.05) is 30.8 Å². The number of nitrogens with one attached hydrogen (secondary N) is 1. The van der Waals surface area contributed by atoms with Crippen LogP contribution in [0.4, 0.5) is 25.8 Å². The normalized spacial score (nSPS) is 9.86. The van der Waals surface area contributed by atoms with E-state index in [0.29, 0.717) is 0 Å². The van der Waals surface area contributed by atoms with E-state index < -0.39 is 46.6 Å². The second-order valence-electron chi connectivity index (χ2n) is 8.42. The number of nitrogens with zero attached hydrogens (tertiary/aromatic N) is 2. The van der Waals surface area contributed by atoms with Gasteiger partial charge >= 0.3 is 24.4 Å². The fourth-order valence-corrected chi connectivity index (χ4v) is 2.62. The molecule has 2 aromatic carbocycles. The second-order valence-corrected chi connectivity index (χ2v) is 9.04. The molecule has 1 amide bonds. The SMILES string of the molecule is C.CC(C)(C)OC(=O)NCCC(=O)OCOC(=O)Oc1ccc([N+](=O)[O-])cc1.O=C(OCI)Oc1ccc([N+](=O)[O-])cc1. The third kappa shape index (κ3) is 17.6. The molecule has 0 aliphatic carbocycles. The number of amides is 1. The van der Waals surface area contributed by atoms with Gasteiger partial charge in [0.15, 0.2) is 0 Å². The molecule has 236 valence electrons. The van der Waals surface area contributed by atoms with Crippen LogP contribution in [0.2, 0.25) is 0 Å². The van der Waals surface area contributed by atoms with Crippen LogP contribution in [0.5, 0.6) is 11.5 Å². The summed E-state index contributed by atoms with van der Waals surface area (Å²) in [4.78, 5) is 64.7. The van der Waals surface area contributed by atoms with Gasteiger partial charge < -0.3 is 33.7 Å². The molecule has 0 aromatic heterocycles. The van der Waals surface area contributed by atoms with E-state index in [0.717, 1.165) is 12.1 Å². The van der Waals surface area contributed by atoms with Gasteiger partial charge in [-0.2, -0.15) is 0 Å². The van der Waals surface area contributed by atoms with Gasteiger partial charge in [-0.15, -0.1) is 0 Å². The minimum atomic E-state index is -1.15. The molecule has 17 nitrogen and oxygen atoms in total. The first-order valence-corrected chi connectivity index (χ1v) is 13.1. The highest BCUT2D eigenvalue weighted by molar-refractivity contribution is 14.1. The predicted molar refractivity (Wildman–Crippen MR) is 156 cm³/mol. The van der Waals surface area contributed by atoms with Crippen LogP contribution in [0.3, 0.4) is 0 Å². The van der Waals surface area contributed by atoms with E-state index in [2.05, 4.69) is 19.5 Å². The number of carbonyl (C=O) groups is 4. The maximum atomic E-state index is 11.4. The number of hydrogen-bond acceptors (Lipinski definition) is 14. The maximum absolute atomic E-state index is 11.4. The summed E-state index contributed by atoms with van der Waals surface area (Å²) < 4.78 is 28.3. The van der Waals surface area contributed by atoms with Crippen molar-refractivity contribution >= 4 is 58.3 Å². The second kappa shape index (κ2) is 19.4. The molecule has 0 heterocycles. The predicted octanol–water partition coefficient (Wildman–Crippen LogP) is 5.66. The first-order valence-electron chi connectivity index (χ1n) is 11.6. The van der Waals surface area contributed by atoms with Crippen molar-refractivity contribution in [1.29, 1.82) is 0 Å². The number of nitro groups is 2. The van der Waals surface area contributed by atoms with Crippen LogP contribution in [-0.2, 0) is 23.7 Å². The van der Waals surface area contributed by atoms with Crippen molar-refractivity contribution in [2.75, 3.05) is 18.0 Å². The van der Waals surface area contributed by atoms with Gasteiger partial charge in [0.25, 0.3) is 11.4 Å². The highest BCUT2D eigenvalue weighted by Crippen LogP contribution is 2.18. The van der Waals surface area contributed by atoms with E-state index in [4.69, 9.17) is 14.2 Å². The van der Waals surface area contributed by atoms with Crippen LogP contribution in [0.15, 0.2) is 48.5 Å². The molecule has 0 bridgehead atoms. The standard InChI is InChI=1S/C16H20N2O9.C8H6INO5.CH4/c1-16(2,3)27-14(20)17-9-8-13(19)24-10-25-15(21)26-12-6-4-11(5-7-12)18(22)23;9-5-14-8(11)15-7-3-1-6(2-4-7)10(12)13;/h4-7H,8-10H2,1-3H3,(H,17,20);1-4H,5H2;1H4. The highest BCUT2D eigenvalue weighted by Gasteiger charge is 2.16. The van der Waals surface area contributed by atoms with Crippen LogP contribution in [0.25, 0.3) is 0 Å². The van der Waals surface area contributed by atoms with Gasteiger partial charge in [0.1, 0.15) is 21.7 Å². The van der Waals surface area contributed by atoms with Gasteiger partial charge in [-0.3, -0.25) is 25.0 Å². The molecular weight excluding hydrogens is 693 g/mol. The van der Waals surface area contributed by atoms with Crippen molar-refractivity contribution < 1.29 is 57.4 Å². The Labute approximate surface area is 259 Å². The maximum Gasteiger partial charge on any atom is 0.516 e. The monoisotopic (exact) mass is 723 g/mol. The van der Waals surface area contributed by atoms with E-state index in [1.807, 2.05) is 22.6 Å². The Balaban J connectivity index is 0.000000934. The zero-order chi connectivity index (χ0) is 31.7. The van der Waals surface area contributed by atoms with Crippen LogP contribution >= 0.6 is 22.6 Å². The first kappa shape index (κ1) is 38.2. The molecule has 2 aromatic rings. The number of ether oxygens (including phenoxy) is 6. The summed E-state index contributed by atoms with van der Waals surface area (Å²) in [5, 5.41) is 23.2. The summed E-state index contributed by atoms with van der Waals surface area (Å²) in [6, 6.07) is 9.88. The number of esters is 1. The molecule has 0 radical (unpaired) electrons. The molecule has 0 spiro atoms. The lowest BCUT2D eigenvalue weighted by Gasteiger charge is -2.19. The summed E-state index contributed by atoms with van der Waals surface area (Å²) in [5.41, 5.74) is -0.878. The molecule has 0 aliphatic rings. The molecule has 0 atom stereocenters. The van der Waals surface area contributed by atoms with Gasteiger partial charge in [0.2, 0.25) is 6.79 Å². The highest BCUT2D eigenvalue weighted by atomic mass is 127. The fraction of sp³-hybridized carbons (Fsp3) is 0.360. The van der Waals surface area contributed by atoms with Crippen LogP contribution < -0.4 is 14.8 Å². The molecule has 0 saturated carbocycles. The van der Waals surface area contributed by atoms with Gasteiger partial charge in [-0.05, 0) is 67.6 Å². The number of hydrogen-bond donors (Lipinski definition) is 1. The molecule has 1 N–H and O–H groups in total. The van der Waals surface area contributed by atoms with E-state index in [1.54, 1.807) is 20.8 Å². The van der Waals surface area contributed by atoms with Gasteiger partial charge in [-0.25, -0.2) is 14.4 Å². The number of rotatable bonds is 10. The number of halogens is 1. The average Bonchev–Trinajstić information content (AvgIpc) is 2.89. The molecule has 0 fully saturated rings. The Bertz CT molecular complexity index is 1230. The molecule has 43 heavy (non-hydrogen) atoms. The molecule has 18 heteroatoms. The lowest BCUT2D eigenvalue weighted by atomic mass is 10.2. The molecule has 0 aliphatic heterocycles. The Morgan fingerprint density at radius 2 is 1.23 bits per heavy atom. The molecule has 0 unspecified atom stereocenters. The van der Waals surface area contributed by atoms with Crippen molar-refractivity contribution in [1.82, 2.24) is 5.32 Å². The van der Waals surface area contributed by atoms with Crippen molar-refractivity contribution in [3.63, 3.8) is 0 Å². The quantitative estimate of drug-likeness (QED) is 0.0456. The largest absolute Gasteiger partial charge is 0.516 e. The Hall–Kier alpha value is -4.75. The zero-order valence-corrected chi connectivity index (χ0v) is 24.6. The summed E-state index contributed by atoms with van der Waals surface area (Å²) in [5.74, 6) is -0.483. The Morgan fingerprint density at radius 1 is 0.791 bits per heavy atom. The smallest absolute Gasteiger partial charge is 0.444 e. The molecule has 0 saturated heterocycles. The summed E-state index contributed by atoms with van der Waals surface area (Å²) >= 11 is 1.85.